The predicted octanol–water partition coefficient (Wildman–Crippen LogP) is 6.80. The van der Waals surface area contributed by atoms with Crippen molar-refractivity contribution in [2.45, 2.75) is 6.92 Å². The van der Waals surface area contributed by atoms with E-state index >= 15 is 0 Å². The Balaban J connectivity index is 1.65. The zero-order chi connectivity index (χ0) is 19.8. The van der Waals surface area contributed by atoms with Gasteiger partial charge in [0.25, 0.3) is 11.1 Å². The first-order chi connectivity index (χ1) is 13.4. The molecule has 28 heavy (non-hydrogen) atoms. The summed E-state index contributed by atoms with van der Waals surface area (Å²) in [7, 11) is 0. The molecule has 3 aromatic rings. The highest BCUT2D eigenvalue weighted by Crippen LogP contribution is 2.38. The lowest BCUT2D eigenvalue weighted by Gasteiger charge is -2.14. The van der Waals surface area contributed by atoms with Crippen LogP contribution >= 0.6 is 35.0 Å². The van der Waals surface area contributed by atoms with E-state index in [0.29, 0.717) is 37.7 Å². The molecule has 0 bridgehead atoms. The number of hydrogen-bond acceptors (Lipinski definition) is 4. The highest BCUT2D eigenvalue weighted by Gasteiger charge is 2.37. The highest BCUT2D eigenvalue weighted by molar-refractivity contribution is 8.19. The number of thioether (sulfide) groups is 1. The fourth-order valence-corrected chi connectivity index (χ4v) is 4.08. The van der Waals surface area contributed by atoms with E-state index in [2.05, 4.69) is 0 Å². The van der Waals surface area contributed by atoms with E-state index in [4.69, 9.17) is 27.6 Å². The lowest BCUT2D eigenvalue weighted by molar-refractivity contribution is -0.113. The van der Waals surface area contributed by atoms with Crippen molar-refractivity contribution in [3.8, 4) is 11.3 Å². The summed E-state index contributed by atoms with van der Waals surface area (Å²) in [5, 5.41) is 0.706. The van der Waals surface area contributed by atoms with Crippen LogP contribution in [0, 0.1) is 6.92 Å². The Hall–Kier alpha value is -2.47. The standard InChI is InChI=1S/C21H13Cl2NO3S/c1-12-4-2-3-5-17(12)24-20(25)19(28-21(24)26)11-14-7-9-18(27-14)15-10-13(22)6-8-16(15)23/h2-11H,1H3/b19-11-. The molecule has 0 spiro atoms. The number of amides is 2. The van der Waals surface area contributed by atoms with Crippen LogP contribution in [0.1, 0.15) is 11.3 Å². The van der Waals surface area contributed by atoms with Crippen molar-refractivity contribution in [2.75, 3.05) is 4.90 Å². The Labute approximate surface area is 175 Å². The molecular weight excluding hydrogens is 417 g/mol. The van der Waals surface area contributed by atoms with Crippen molar-refractivity contribution >= 4 is 57.9 Å². The molecule has 1 fully saturated rings. The third-order valence-corrected chi connectivity index (χ3v) is 5.68. The molecule has 0 radical (unpaired) electrons. The van der Waals surface area contributed by atoms with Gasteiger partial charge in [-0.15, -0.1) is 0 Å². The fourth-order valence-electron chi connectivity index (χ4n) is 2.88. The van der Waals surface area contributed by atoms with Crippen molar-refractivity contribution in [1.82, 2.24) is 0 Å². The summed E-state index contributed by atoms with van der Waals surface area (Å²) in [6.07, 6.45) is 1.56. The molecule has 2 heterocycles. The van der Waals surface area contributed by atoms with E-state index in [1.165, 1.54) is 4.90 Å². The smallest absolute Gasteiger partial charge is 0.298 e. The van der Waals surface area contributed by atoms with Gasteiger partial charge >= 0.3 is 0 Å². The summed E-state index contributed by atoms with van der Waals surface area (Å²) >= 11 is 13.1. The van der Waals surface area contributed by atoms with E-state index in [1.54, 1.807) is 48.5 Å². The number of aryl methyl sites for hydroxylation is 1. The Kier molecular flexibility index (Phi) is 5.06. The van der Waals surface area contributed by atoms with Crippen molar-refractivity contribution in [3.63, 3.8) is 0 Å². The monoisotopic (exact) mass is 429 g/mol. The lowest BCUT2D eigenvalue weighted by atomic mass is 10.2. The maximum absolute atomic E-state index is 12.8. The third-order valence-electron chi connectivity index (χ3n) is 4.24. The Bertz CT molecular complexity index is 1140. The molecule has 1 aromatic heterocycles. The van der Waals surface area contributed by atoms with Crippen LogP contribution in [0.4, 0.5) is 10.5 Å². The van der Waals surface area contributed by atoms with Gasteiger partial charge in [0.05, 0.1) is 15.6 Å². The lowest BCUT2D eigenvalue weighted by Crippen LogP contribution is -2.28. The van der Waals surface area contributed by atoms with Gasteiger partial charge in [0, 0.05) is 16.7 Å². The van der Waals surface area contributed by atoms with Gasteiger partial charge in [-0.1, -0.05) is 41.4 Å². The van der Waals surface area contributed by atoms with Gasteiger partial charge in [0.1, 0.15) is 11.5 Å². The number of para-hydroxylation sites is 1. The number of carbonyl (C=O) groups is 2. The molecule has 1 saturated heterocycles. The Morgan fingerprint density at radius 3 is 2.61 bits per heavy atom. The number of anilines is 1. The zero-order valence-electron chi connectivity index (χ0n) is 14.6. The van der Waals surface area contributed by atoms with Crippen LogP contribution in [-0.2, 0) is 4.79 Å². The molecule has 2 aromatic carbocycles. The second kappa shape index (κ2) is 7.51. The first kappa shape index (κ1) is 18.9. The van der Waals surface area contributed by atoms with Crippen molar-refractivity contribution in [1.29, 1.82) is 0 Å². The van der Waals surface area contributed by atoms with E-state index in [0.717, 1.165) is 17.3 Å². The summed E-state index contributed by atoms with van der Waals surface area (Å²) in [6.45, 7) is 1.86. The number of furan rings is 1. The minimum atomic E-state index is -0.372. The molecule has 7 heteroatoms. The van der Waals surface area contributed by atoms with E-state index in [-0.39, 0.29) is 11.1 Å². The number of hydrogen-bond donors (Lipinski definition) is 0. The quantitative estimate of drug-likeness (QED) is 0.429. The van der Waals surface area contributed by atoms with Crippen molar-refractivity contribution < 1.29 is 14.0 Å². The van der Waals surface area contributed by atoms with Gasteiger partial charge in [-0.3, -0.25) is 9.59 Å². The van der Waals surface area contributed by atoms with Crippen LogP contribution in [0.3, 0.4) is 0 Å². The number of carbonyl (C=O) groups excluding carboxylic acids is 2. The number of rotatable bonds is 3. The van der Waals surface area contributed by atoms with E-state index in [1.807, 2.05) is 19.1 Å². The van der Waals surface area contributed by atoms with Crippen LogP contribution < -0.4 is 4.90 Å². The molecule has 0 atom stereocenters. The maximum atomic E-state index is 12.8. The summed E-state index contributed by atoms with van der Waals surface area (Å²) in [6, 6.07) is 15.8. The number of nitrogens with zero attached hydrogens (tertiary/aromatic N) is 1. The number of imide groups is 1. The minimum Gasteiger partial charge on any atom is -0.457 e. The van der Waals surface area contributed by atoms with Crippen molar-refractivity contribution in [3.05, 3.63) is 80.9 Å². The molecule has 1 aliphatic heterocycles. The average Bonchev–Trinajstić information content (AvgIpc) is 3.23. The molecule has 0 N–H and O–H groups in total. The normalized spacial score (nSPS) is 15.7. The molecule has 0 aliphatic carbocycles. The molecule has 2 amide bonds. The second-order valence-electron chi connectivity index (χ2n) is 6.13. The van der Waals surface area contributed by atoms with Gasteiger partial charge in [0.15, 0.2) is 0 Å². The van der Waals surface area contributed by atoms with Gasteiger partial charge < -0.3 is 4.42 Å². The maximum Gasteiger partial charge on any atom is 0.298 e. The molecule has 4 nitrogen and oxygen atoms in total. The van der Waals surface area contributed by atoms with Crippen LogP contribution in [0.25, 0.3) is 17.4 Å². The summed E-state index contributed by atoms with van der Waals surface area (Å²) in [5.74, 6) is 0.598. The minimum absolute atomic E-state index is 0.298. The summed E-state index contributed by atoms with van der Waals surface area (Å²) in [4.78, 5) is 26.7. The molecule has 140 valence electrons. The van der Waals surface area contributed by atoms with Crippen molar-refractivity contribution in [2.24, 2.45) is 0 Å². The van der Waals surface area contributed by atoms with Gasteiger partial charge in [-0.25, -0.2) is 4.90 Å². The average molecular weight is 430 g/mol. The van der Waals surface area contributed by atoms with Crippen LogP contribution in [0.5, 0.6) is 0 Å². The van der Waals surface area contributed by atoms with E-state index < -0.39 is 0 Å². The van der Waals surface area contributed by atoms with Gasteiger partial charge in [-0.2, -0.15) is 0 Å². The van der Waals surface area contributed by atoms with Crippen LogP contribution in [-0.4, -0.2) is 11.1 Å². The topological polar surface area (TPSA) is 50.5 Å². The van der Waals surface area contributed by atoms with Crippen LogP contribution in [0.2, 0.25) is 10.0 Å². The molecule has 0 unspecified atom stereocenters. The first-order valence-electron chi connectivity index (χ1n) is 8.33. The zero-order valence-corrected chi connectivity index (χ0v) is 16.9. The van der Waals surface area contributed by atoms with Crippen LogP contribution in [0.15, 0.2) is 63.9 Å². The predicted molar refractivity (Wildman–Crippen MR) is 114 cm³/mol. The third kappa shape index (κ3) is 3.49. The van der Waals surface area contributed by atoms with E-state index in [9.17, 15) is 9.59 Å². The van der Waals surface area contributed by atoms with Gasteiger partial charge in [0.2, 0.25) is 0 Å². The summed E-state index contributed by atoms with van der Waals surface area (Å²) < 4.78 is 5.80. The van der Waals surface area contributed by atoms with Gasteiger partial charge in [-0.05, 0) is 60.6 Å². The second-order valence-corrected chi connectivity index (χ2v) is 7.97. The Morgan fingerprint density at radius 2 is 1.82 bits per heavy atom. The molecular formula is C21H13Cl2NO3S. The SMILES string of the molecule is Cc1ccccc1N1C(=O)S/C(=C\c2ccc(-c3cc(Cl)ccc3Cl)o2)C1=O. The highest BCUT2D eigenvalue weighted by atomic mass is 35.5. The molecule has 4 rings (SSSR count). The molecule has 0 saturated carbocycles. The largest absolute Gasteiger partial charge is 0.457 e. The number of halogens is 2. The fraction of sp³-hybridized carbons (Fsp3) is 0.0476. The Morgan fingerprint density at radius 1 is 1.04 bits per heavy atom. The summed E-state index contributed by atoms with van der Waals surface area (Å²) in [5.41, 5.74) is 2.09. The molecule has 1 aliphatic rings. The first-order valence-corrected chi connectivity index (χ1v) is 9.90. The number of benzene rings is 2.